The molecule has 1 aromatic carbocycles. The smallest absolute Gasteiger partial charge is 0.244 e. The van der Waals surface area contributed by atoms with E-state index in [9.17, 15) is 8.42 Å². The molecule has 5 nitrogen and oxygen atoms in total. The van der Waals surface area contributed by atoms with E-state index < -0.39 is 10.0 Å². The average molecular weight is 314 g/mol. The number of methoxy groups -OCH3 is 1. The first-order valence-electron chi connectivity index (χ1n) is 7.14. The van der Waals surface area contributed by atoms with Gasteiger partial charge in [0.1, 0.15) is 10.6 Å². The molecule has 0 heterocycles. The highest BCUT2D eigenvalue weighted by Gasteiger charge is 2.22. The van der Waals surface area contributed by atoms with Gasteiger partial charge in [-0.05, 0) is 44.0 Å². The van der Waals surface area contributed by atoms with Crippen molar-refractivity contribution < 1.29 is 13.2 Å². The van der Waals surface area contributed by atoms with E-state index in [0.29, 0.717) is 18.2 Å². The second-order valence-electron chi connectivity index (χ2n) is 5.67. The number of ether oxygens (including phenoxy) is 1. The Balaban J connectivity index is 3.02. The Morgan fingerprint density at radius 2 is 1.90 bits per heavy atom. The first kappa shape index (κ1) is 17.9. The zero-order valence-corrected chi connectivity index (χ0v) is 14.3. The van der Waals surface area contributed by atoms with Crippen LogP contribution in [0.25, 0.3) is 0 Å². The van der Waals surface area contributed by atoms with Crippen molar-refractivity contribution in [3.05, 3.63) is 23.8 Å². The second-order valence-corrected chi connectivity index (χ2v) is 7.35. The monoisotopic (exact) mass is 314 g/mol. The molecule has 0 amide bonds. The first-order valence-corrected chi connectivity index (χ1v) is 8.62. The molecule has 1 atom stereocenters. The van der Waals surface area contributed by atoms with Gasteiger partial charge in [-0.15, -0.1) is 0 Å². The standard InChI is InChI=1S/C15H26N2O3S/c1-11(2)8-12(3)17-21(18,19)15-7-6-13(10-16-4)9-14(15)20-5/h6-7,9,11-12,16-17H,8,10H2,1-5H3. The van der Waals surface area contributed by atoms with Crippen molar-refractivity contribution in [2.75, 3.05) is 14.2 Å². The number of sulfonamides is 1. The fourth-order valence-electron chi connectivity index (χ4n) is 2.33. The molecule has 6 heteroatoms. The third-order valence-corrected chi connectivity index (χ3v) is 4.71. The van der Waals surface area contributed by atoms with Gasteiger partial charge in [0, 0.05) is 12.6 Å². The van der Waals surface area contributed by atoms with Crippen LogP contribution in [0.1, 0.15) is 32.8 Å². The summed E-state index contributed by atoms with van der Waals surface area (Å²) in [6, 6.07) is 5.02. The van der Waals surface area contributed by atoms with E-state index in [-0.39, 0.29) is 10.9 Å². The van der Waals surface area contributed by atoms with Crippen LogP contribution < -0.4 is 14.8 Å². The van der Waals surface area contributed by atoms with Crippen LogP contribution in [0.2, 0.25) is 0 Å². The Kier molecular flexibility index (Phi) is 6.64. The summed E-state index contributed by atoms with van der Waals surface area (Å²) < 4.78 is 32.9. The van der Waals surface area contributed by atoms with Crippen molar-refractivity contribution in [3.8, 4) is 5.75 Å². The van der Waals surface area contributed by atoms with E-state index in [1.165, 1.54) is 7.11 Å². The molecule has 0 saturated carbocycles. The Morgan fingerprint density at radius 1 is 1.24 bits per heavy atom. The molecule has 0 fully saturated rings. The molecule has 0 aromatic heterocycles. The molecule has 21 heavy (non-hydrogen) atoms. The highest BCUT2D eigenvalue weighted by molar-refractivity contribution is 7.89. The van der Waals surface area contributed by atoms with Gasteiger partial charge < -0.3 is 10.1 Å². The third kappa shape index (κ3) is 5.30. The Bertz CT molecular complexity index is 556. The van der Waals surface area contributed by atoms with Crippen molar-refractivity contribution in [1.82, 2.24) is 10.0 Å². The molecule has 0 aliphatic heterocycles. The maximum absolute atomic E-state index is 12.5. The lowest BCUT2D eigenvalue weighted by Gasteiger charge is -2.18. The highest BCUT2D eigenvalue weighted by Crippen LogP contribution is 2.25. The van der Waals surface area contributed by atoms with Crippen LogP contribution in [0.15, 0.2) is 23.1 Å². The molecule has 0 aliphatic carbocycles. The number of hydrogen-bond acceptors (Lipinski definition) is 4. The zero-order chi connectivity index (χ0) is 16.0. The molecule has 0 spiro atoms. The molecule has 120 valence electrons. The van der Waals surface area contributed by atoms with E-state index in [1.807, 2.05) is 14.0 Å². The second kappa shape index (κ2) is 7.77. The van der Waals surface area contributed by atoms with Crippen molar-refractivity contribution in [1.29, 1.82) is 0 Å². The predicted octanol–water partition coefficient (Wildman–Crippen LogP) is 2.13. The lowest BCUT2D eigenvalue weighted by atomic mass is 10.1. The summed E-state index contributed by atoms with van der Waals surface area (Å²) in [5, 5.41) is 3.03. The van der Waals surface area contributed by atoms with E-state index in [4.69, 9.17) is 4.74 Å². The van der Waals surface area contributed by atoms with Gasteiger partial charge in [0.15, 0.2) is 0 Å². The Labute approximate surface area is 128 Å². The molecule has 0 aliphatic rings. The number of nitrogens with one attached hydrogen (secondary N) is 2. The minimum Gasteiger partial charge on any atom is -0.495 e. The maximum Gasteiger partial charge on any atom is 0.244 e. The van der Waals surface area contributed by atoms with Crippen LogP contribution in [-0.2, 0) is 16.6 Å². The fraction of sp³-hybridized carbons (Fsp3) is 0.600. The van der Waals surface area contributed by atoms with Crippen molar-refractivity contribution in [2.45, 2.75) is 44.7 Å². The van der Waals surface area contributed by atoms with E-state index in [2.05, 4.69) is 23.9 Å². The predicted molar refractivity (Wildman–Crippen MR) is 85.0 cm³/mol. The zero-order valence-electron chi connectivity index (χ0n) is 13.4. The van der Waals surface area contributed by atoms with Gasteiger partial charge in [-0.2, -0.15) is 0 Å². The van der Waals surface area contributed by atoms with Crippen molar-refractivity contribution >= 4 is 10.0 Å². The van der Waals surface area contributed by atoms with Crippen molar-refractivity contribution in [2.24, 2.45) is 5.92 Å². The molecular formula is C15H26N2O3S. The summed E-state index contributed by atoms with van der Waals surface area (Å²) in [4.78, 5) is 0.181. The maximum atomic E-state index is 12.5. The summed E-state index contributed by atoms with van der Waals surface area (Å²) in [7, 11) is -0.254. The van der Waals surface area contributed by atoms with Gasteiger partial charge in [-0.1, -0.05) is 19.9 Å². The van der Waals surface area contributed by atoms with Gasteiger partial charge in [-0.25, -0.2) is 13.1 Å². The summed E-state index contributed by atoms with van der Waals surface area (Å²) >= 11 is 0. The van der Waals surface area contributed by atoms with Gasteiger partial charge >= 0.3 is 0 Å². The molecule has 1 aromatic rings. The minimum atomic E-state index is -3.58. The van der Waals surface area contributed by atoms with Crippen LogP contribution in [0, 0.1) is 5.92 Å². The Morgan fingerprint density at radius 3 is 2.43 bits per heavy atom. The molecule has 0 bridgehead atoms. The normalized spacial score (nSPS) is 13.4. The summed E-state index contributed by atoms with van der Waals surface area (Å²) in [5.41, 5.74) is 0.975. The van der Waals surface area contributed by atoms with Crippen LogP contribution >= 0.6 is 0 Å². The largest absolute Gasteiger partial charge is 0.495 e. The first-order chi connectivity index (χ1) is 9.80. The third-order valence-electron chi connectivity index (χ3n) is 3.08. The SMILES string of the molecule is CNCc1ccc(S(=O)(=O)NC(C)CC(C)C)c(OC)c1. The number of hydrogen-bond donors (Lipinski definition) is 2. The number of rotatable bonds is 8. The number of benzene rings is 1. The molecule has 1 unspecified atom stereocenters. The van der Waals surface area contributed by atoms with E-state index >= 15 is 0 Å². The lowest BCUT2D eigenvalue weighted by Crippen LogP contribution is -2.33. The lowest BCUT2D eigenvalue weighted by molar-refractivity contribution is 0.401. The van der Waals surface area contributed by atoms with Gasteiger partial charge in [0.2, 0.25) is 10.0 Å². The van der Waals surface area contributed by atoms with E-state index in [1.54, 1.807) is 18.2 Å². The molecule has 0 radical (unpaired) electrons. The van der Waals surface area contributed by atoms with Crippen molar-refractivity contribution in [3.63, 3.8) is 0 Å². The Hall–Kier alpha value is -1.11. The fourth-order valence-corrected chi connectivity index (χ4v) is 3.74. The molecule has 2 N–H and O–H groups in total. The topological polar surface area (TPSA) is 67.4 Å². The molecule has 0 saturated heterocycles. The van der Waals surface area contributed by atoms with Crippen LogP contribution in [0.5, 0.6) is 5.75 Å². The quantitative estimate of drug-likeness (QED) is 0.771. The van der Waals surface area contributed by atoms with Crippen LogP contribution in [-0.4, -0.2) is 28.6 Å². The highest BCUT2D eigenvalue weighted by atomic mass is 32.2. The van der Waals surface area contributed by atoms with Gasteiger partial charge in [0.25, 0.3) is 0 Å². The van der Waals surface area contributed by atoms with Crippen LogP contribution in [0.4, 0.5) is 0 Å². The molecule has 1 rings (SSSR count). The van der Waals surface area contributed by atoms with E-state index in [0.717, 1.165) is 12.0 Å². The van der Waals surface area contributed by atoms with Gasteiger partial charge in [-0.3, -0.25) is 0 Å². The van der Waals surface area contributed by atoms with Gasteiger partial charge in [0.05, 0.1) is 7.11 Å². The minimum absolute atomic E-state index is 0.114. The summed E-state index contributed by atoms with van der Waals surface area (Å²) in [6.45, 7) is 6.67. The van der Waals surface area contributed by atoms with Crippen LogP contribution in [0.3, 0.4) is 0 Å². The summed E-state index contributed by atoms with van der Waals surface area (Å²) in [6.07, 6.45) is 0.791. The molecular weight excluding hydrogens is 288 g/mol. The average Bonchev–Trinajstić information content (AvgIpc) is 2.36. The summed E-state index contributed by atoms with van der Waals surface area (Å²) in [5.74, 6) is 0.801.